The molecule has 0 fully saturated rings. The van der Waals surface area contributed by atoms with Crippen molar-refractivity contribution >= 4 is 34.1 Å². The number of carbonyl (C=O) groups excluding carboxylic acids is 3. The van der Waals surface area contributed by atoms with Gasteiger partial charge in [-0.2, -0.15) is 0 Å². The number of furan rings is 1. The predicted octanol–water partition coefficient (Wildman–Crippen LogP) is 3.93. The second-order valence-corrected chi connectivity index (χ2v) is 8.20. The summed E-state index contributed by atoms with van der Waals surface area (Å²) in [5.41, 5.74) is 0.636. The summed E-state index contributed by atoms with van der Waals surface area (Å²) in [7, 11) is 2.71. The molecule has 33 heavy (non-hydrogen) atoms. The monoisotopic (exact) mass is 468 g/mol. The lowest BCUT2D eigenvalue weighted by Gasteiger charge is -2.25. The minimum Gasteiger partial charge on any atom is -0.503 e. The third-order valence-corrected chi connectivity index (χ3v) is 6.35. The normalized spacial score (nSPS) is 15.8. The average Bonchev–Trinajstić information content (AvgIpc) is 3.49. The van der Waals surface area contributed by atoms with E-state index in [2.05, 4.69) is 4.98 Å². The molecule has 10 heteroatoms. The summed E-state index contributed by atoms with van der Waals surface area (Å²) in [5.74, 6) is -1.91. The van der Waals surface area contributed by atoms with Gasteiger partial charge >= 0.3 is 5.97 Å². The molecule has 3 aromatic rings. The first-order valence-electron chi connectivity index (χ1n) is 9.85. The van der Waals surface area contributed by atoms with Gasteiger partial charge in [-0.3, -0.25) is 14.5 Å². The average molecular weight is 468 g/mol. The Morgan fingerprint density at radius 3 is 2.52 bits per heavy atom. The maximum atomic E-state index is 13.4. The summed E-state index contributed by atoms with van der Waals surface area (Å²) in [5, 5.41) is 10.9. The Balaban J connectivity index is 1.91. The van der Waals surface area contributed by atoms with Gasteiger partial charge < -0.3 is 19.0 Å². The van der Waals surface area contributed by atoms with Gasteiger partial charge in [-0.15, -0.1) is 0 Å². The minimum atomic E-state index is -1.07. The summed E-state index contributed by atoms with van der Waals surface area (Å²) in [4.78, 5) is 44.5. The highest BCUT2D eigenvalue weighted by Crippen LogP contribution is 2.46. The highest BCUT2D eigenvalue weighted by atomic mass is 32.1. The Morgan fingerprint density at radius 1 is 1.15 bits per heavy atom. The van der Waals surface area contributed by atoms with Crippen molar-refractivity contribution in [1.29, 1.82) is 0 Å². The van der Waals surface area contributed by atoms with E-state index in [0.29, 0.717) is 22.8 Å². The minimum absolute atomic E-state index is 0.0193. The van der Waals surface area contributed by atoms with E-state index in [-0.39, 0.29) is 21.3 Å². The van der Waals surface area contributed by atoms with Crippen LogP contribution in [-0.4, -0.2) is 42.0 Å². The van der Waals surface area contributed by atoms with E-state index in [0.717, 1.165) is 11.3 Å². The van der Waals surface area contributed by atoms with Gasteiger partial charge in [-0.05, 0) is 32.0 Å². The van der Waals surface area contributed by atoms with Gasteiger partial charge in [0.25, 0.3) is 5.91 Å². The molecule has 0 bridgehead atoms. The van der Waals surface area contributed by atoms with E-state index in [1.807, 2.05) is 0 Å². The molecule has 1 amide bonds. The number of aliphatic hydroxyl groups excluding tert-OH is 1. The van der Waals surface area contributed by atoms with Gasteiger partial charge in [0.2, 0.25) is 5.78 Å². The van der Waals surface area contributed by atoms with Gasteiger partial charge in [0.15, 0.2) is 16.7 Å². The van der Waals surface area contributed by atoms with Gasteiger partial charge in [-0.1, -0.05) is 29.5 Å². The number of ketones is 1. The number of nitrogens with zero attached hydrogens (tertiary/aromatic N) is 2. The topological polar surface area (TPSA) is 119 Å². The molecule has 1 unspecified atom stereocenters. The van der Waals surface area contributed by atoms with E-state index in [4.69, 9.17) is 13.9 Å². The van der Waals surface area contributed by atoms with Crippen molar-refractivity contribution < 1.29 is 33.4 Å². The zero-order valence-corrected chi connectivity index (χ0v) is 19.1. The Hall–Kier alpha value is -3.92. The van der Waals surface area contributed by atoms with Crippen LogP contribution in [0.5, 0.6) is 5.75 Å². The lowest BCUT2D eigenvalue weighted by Crippen LogP contribution is -2.31. The maximum absolute atomic E-state index is 13.4. The van der Waals surface area contributed by atoms with E-state index < -0.39 is 29.5 Å². The number of benzene rings is 1. The number of carbonyl (C=O) groups is 3. The Bertz CT molecular complexity index is 1300. The lowest BCUT2D eigenvalue weighted by atomic mass is 9.94. The Kier molecular flexibility index (Phi) is 5.77. The molecule has 1 atom stereocenters. The standard InChI is InChI=1S/C23H20N2O7S/c1-11-9-10-15(32-11)18(26)16-17(13-7-5-6-8-14(13)30-3)25(21(28)19(16)27)23-24-12(2)20(33-23)22(29)31-4/h5-10,17,27H,1-4H3. The summed E-state index contributed by atoms with van der Waals surface area (Å²) in [6.45, 7) is 3.29. The number of anilines is 1. The number of esters is 1. The van der Waals surface area contributed by atoms with E-state index in [1.54, 1.807) is 44.2 Å². The van der Waals surface area contributed by atoms with Crippen LogP contribution in [0.1, 0.15) is 43.3 Å². The van der Waals surface area contributed by atoms with Crippen LogP contribution in [0.25, 0.3) is 0 Å². The predicted molar refractivity (Wildman–Crippen MR) is 119 cm³/mol. The SMILES string of the molecule is COC(=O)c1sc(N2C(=O)C(O)=C(C(=O)c3ccc(C)o3)C2c2ccccc2OC)nc1C. The highest BCUT2D eigenvalue weighted by molar-refractivity contribution is 7.17. The molecule has 2 aromatic heterocycles. The number of aryl methyl sites for hydroxylation is 2. The molecule has 1 aliphatic heterocycles. The first-order chi connectivity index (χ1) is 15.8. The van der Waals surface area contributed by atoms with Crippen molar-refractivity contribution in [2.45, 2.75) is 19.9 Å². The second-order valence-electron chi connectivity index (χ2n) is 7.22. The van der Waals surface area contributed by atoms with Crippen molar-refractivity contribution in [3.63, 3.8) is 0 Å². The molecule has 0 saturated heterocycles. The van der Waals surface area contributed by atoms with Crippen LogP contribution in [0.2, 0.25) is 0 Å². The smallest absolute Gasteiger partial charge is 0.350 e. The number of hydrogen-bond acceptors (Lipinski definition) is 9. The number of aliphatic hydroxyl groups is 1. The van der Waals surface area contributed by atoms with Crippen LogP contribution < -0.4 is 9.64 Å². The first kappa shape index (κ1) is 22.3. The van der Waals surface area contributed by atoms with Crippen LogP contribution in [0, 0.1) is 13.8 Å². The number of amides is 1. The fraction of sp³-hybridized carbons (Fsp3) is 0.217. The molecule has 1 aromatic carbocycles. The van der Waals surface area contributed by atoms with Crippen LogP contribution in [0.15, 0.2) is 52.1 Å². The van der Waals surface area contributed by atoms with E-state index >= 15 is 0 Å². The molecule has 0 saturated carbocycles. The number of aromatic nitrogens is 1. The number of ether oxygens (including phenoxy) is 2. The summed E-state index contributed by atoms with van der Waals surface area (Å²) in [6.07, 6.45) is 0. The molecule has 170 valence electrons. The molecule has 1 aliphatic rings. The van der Waals surface area contributed by atoms with Crippen molar-refractivity contribution in [2.24, 2.45) is 0 Å². The van der Waals surface area contributed by atoms with E-state index in [1.165, 1.54) is 25.2 Å². The highest BCUT2D eigenvalue weighted by Gasteiger charge is 2.47. The molecule has 9 nitrogen and oxygen atoms in total. The zero-order chi connectivity index (χ0) is 23.9. The van der Waals surface area contributed by atoms with E-state index in [9.17, 15) is 19.5 Å². The molecule has 0 aliphatic carbocycles. The number of Topliss-reactive ketones (excluding diaryl/α,β-unsaturated/α-hetero) is 1. The molecule has 3 heterocycles. The number of para-hydroxylation sites is 1. The van der Waals surface area contributed by atoms with Crippen LogP contribution in [0.3, 0.4) is 0 Å². The van der Waals surface area contributed by atoms with Gasteiger partial charge in [0.05, 0.1) is 25.5 Å². The van der Waals surface area contributed by atoms with Crippen LogP contribution in [-0.2, 0) is 9.53 Å². The first-order valence-corrected chi connectivity index (χ1v) is 10.7. The van der Waals surface area contributed by atoms with Crippen LogP contribution in [0.4, 0.5) is 5.13 Å². The summed E-state index contributed by atoms with van der Waals surface area (Å²) < 4.78 is 15.7. The van der Waals surface area contributed by atoms with Crippen LogP contribution >= 0.6 is 11.3 Å². The van der Waals surface area contributed by atoms with Crippen molar-refractivity contribution in [2.75, 3.05) is 19.1 Å². The Labute approximate surface area is 192 Å². The largest absolute Gasteiger partial charge is 0.503 e. The fourth-order valence-electron chi connectivity index (χ4n) is 3.68. The summed E-state index contributed by atoms with van der Waals surface area (Å²) >= 11 is 0.927. The van der Waals surface area contributed by atoms with Crippen molar-refractivity contribution in [3.8, 4) is 5.75 Å². The maximum Gasteiger partial charge on any atom is 0.350 e. The van der Waals surface area contributed by atoms with Crippen molar-refractivity contribution in [1.82, 2.24) is 4.98 Å². The number of thiazole rings is 1. The molecular formula is C23H20N2O7S. The van der Waals surface area contributed by atoms with Gasteiger partial charge in [0, 0.05) is 5.56 Å². The molecule has 0 spiro atoms. The summed E-state index contributed by atoms with van der Waals surface area (Å²) in [6, 6.07) is 8.86. The quantitative estimate of drug-likeness (QED) is 0.427. The fourth-order valence-corrected chi connectivity index (χ4v) is 4.69. The molecule has 4 rings (SSSR count). The van der Waals surface area contributed by atoms with Crippen molar-refractivity contribution in [3.05, 3.63) is 75.4 Å². The molecule has 0 radical (unpaired) electrons. The zero-order valence-electron chi connectivity index (χ0n) is 18.2. The number of hydrogen-bond donors (Lipinski definition) is 1. The Morgan fingerprint density at radius 2 is 1.88 bits per heavy atom. The second kappa shape index (κ2) is 8.55. The lowest BCUT2D eigenvalue weighted by molar-refractivity contribution is -0.117. The van der Waals surface area contributed by atoms with Gasteiger partial charge in [-0.25, -0.2) is 9.78 Å². The molecule has 1 N–H and O–H groups in total. The van der Waals surface area contributed by atoms with Gasteiger partial charge in [0.1, 0.15) is 22.4 Å². The number of rotatable bonds is 6. The third kappa shape index (κ3) is 3.68. The molecular weight excluding hydrogens is 448 g/mol. The third-order valence-electron chi connectivity index (χ3n) is 5.21. The number of methoxy groups -OCH3 is 2.